The van der Waals surface area contributed by atoms with Crippen LogP contribution in [0.15, 0.2) is 52.1 Å². The van der Waals surface area contributed by atoms with Crippen LogP contribution in [-0.4, -0.2) is 25.6 Å². The first-order valence-corrected chi connectivity index (χ1v) is 8.22. The minimum atomic E-state index is 0.711. The number of nitrogens with zero attached hydrogens (tertiary/aromatic N) is 1. The zero-order valence-corrected chi connectivity index (χ0v) is 13.3. The highest BCUT2D eigenvalue weighted by molar-refractivity contribution is 5.79. The molecule has 0 saturated carbocycles. The molecule has 1 aromatic rings. The van der Waals surface area contributed by atoms with E-state index in [2.05, 4.69) is 28.3 Å². The van der Waals surface area contributed by atoms with Crippen molar-refractivity contribution in [2.24, 2.45) is 4.99 Å². The summed E-state index contributed by atoms with van der Waals surface area (Å²) in [6.45, 7) is 6.09. The number of hydrogen-bond donors (Lipinski definition) is 2. The summed E-state index contributed by atoms with van der Waals surface area (Å²) in [5.74, 6) is 1.82. The van der Waals surface area contributed by atoms with E-state index in [0.29, 0.717) is 6.54 Å². The van der Waals surface area contributed by atoms with Crippen molar-refractivity contribution in [1.29, 1.82) is 0 Å². The lowest BCUT2D eigenvalue weighted by atomic mass is 9.97. The Balaban J connectivity index is 1.74. The van der Waals surface area contributed by atoms with Crippen LogP contribution in [0.2, 0.25) is 0 Å². The number of nitrogens with one attached hydrogen (secondary N) is 2. The van der Waals surface area contributed by atoms with Gasteiger partial charge in [-0.2, -0.15) is 0 Å². The summed E-state index contributed by atoms with van der Waals surface area (Å²) < 4.78 is 5.32. The molecule has 0 saturated heterocycles. The summed E-state index contributed by atoms with van der Waals surface area (Å²) in [6.07, 6.45) is 13.0. The van der Waals surface area contributed by atoms with Gasteiger partial charge in [0.1, 0.15) is 5.76 Å². The van der Waals surface area contributed by atoms with E-state index in [9.17, 15) is 0 Å². The smallest absolute Gasteiger partial charge is 0.191 e. The van der Waals surface area contributed by atoms with E-state index in [1.54, 1.807) is 11.8 Å². The van der Waals surface area contributed by atoms with Gasteiger partial charge in [0, 0.05) is 26.1 Å². The van der Waals surface area contributed by atoms with Crippen LogP contribution in [0.5, 0.6) is 0 Å². The number of aliphatic imine (C=N–C) groups is 1. The van der Waals surface area contributed by atoms with Crippen LogP contribution in [-0.2, 0) is 6.42 Å². The van der Waals surface area contributed by atoms with Gasteiger partial charge in [-0.05, 0) is 44.2 Å². The van der Waals surface area contributed by atoms with Crippen molar-refractivity contribution >= 4 is 5.96 Å². The molecule has 0 aliphatic heterocycles. The molecule has 22 heavy (non-hydrogen) atoms. The molecule has 4 nitrogen and oxygen atoms in total. The predicted molar refractivity (Wildman–Crippen MR) is 92.1 cm³/mol. The molecule has 0 spiro atoms. The maximum Gasteiger partial charge on any atom is 0.191 e. The minimum absolute atomic E-state index is 0.711. The van der Waals surface area contributed by atoms with E-state index in [4.69, 9.17) is 4.42 Å². The molecule has 1 aliphatic rings. The van der Waals surface area contributed by atoms with Crippen molar-refractivity contribution in [2.75, 3.05) is 19.6 Å². The quantitative estimate of drug-likeness (QED) is 0.439. The molecular formula is C18H27N3O. The topological polar surface area (TPSA) is 49.6 Å². The summed E-state index contributed by atoms with van der Waals surface area (Å²) in [7, 11) is 0. The van der Waals surface area contributed by atoms with Crippen molar-refractivity contribution in [3.63, 3.8) is 0 Å². The van der Waals surface area contributed by atoms with Crippen LogP contribution in [0.25, 0.3) is 0 Å². The van der Waals surface area contributed by atoms with E-state index in [1.807, 2.05) is 18.2 Å². The third-order valence-corrected chi connectivity index (χ3v) is 3.75. The highest BCUT2D eigenvalue weighted by atomic mass is 16.3. The summed E-state index contributed by atoms with van der Waals surface area (Å²) >= 11 is 0. The van der Waals surface area contributed by atoms with Crippen molar-refractivity contribution < 1.29 is 4.42 Å². The lowest BCUT2D eigenvalue weighted by Gasteiger charge is -2.15. The van der Waals surface area contributed by atoms with E-state index in [0.717, 1.165) is 37.7 Å². The molecule has 0 fully saturated rings. The van der Waals surface area contributed by atoms with Crippen LogP contribution in [0, 0.1) is 0 Å². The Bertz CT molecular complexity index is 488. The molecule has 1 aliphatic carbocycles. The van der Waals surface area contributed by atoms with Crippen LogP contribution < -0.4 is 10.6 Å². The van der Waals surface area contributed by atoms with Gasteiger partial charge in [0.25, 0.3) is 0 Å². The number of allylic oxidation sites excluding steroid dienone is 1. The van der Waals surface area contributed by atoms with Crippen molar-refractivity contribution in [3.8, 4) is 0 Å². The molecule has 0 atom stereocenters. The van der Waals surface area contributed by atoms with Gasteiger partial charge in [-0.3, -0.25) is 4.99 Å². The first-order valence-electron chi connectivity index (χ1n) is 8.22. The van der Waals surface area contributed by atoms with Crippen molar-refractivity contribution in [1.82, 2.24) is 10.6 Å². The number of hydrogen-bond acceptors (Lipinski definition) is 2. The zero-order chi connectivity index (χ0) is 15.5. The van der Waals surface area contributed by atoms with Gasteiger partial charge in [0.2, 0.25) is 0 Å². The molecule has 120 valence electrons. The third kappa shape index (κ3) is 6.20. The molecule has 2 rings (SSSR count). The summed E-state index contributed by atoms with van der Waals surface area (Å²) in [6, 6.07) is 3.89. The zero-order valence-electron chi connectivity index (χ0n) is 13.3. The van der Waals surface area contributed by atoms with Crippen LogP contribution in [0.4, 0.5) is 0 Å². The number of guanidine groups is 1. The first kappa shape index (κ1) is 16.4. The summed E-state index contributed by atoms with van der Waals surface area (Å²) in [5.41, 5.74) is 1.58. The Morgan fingerprint density at radius 1 is 1.32 bits per heavy atom. The number of furan rings is 1. The second-order valence-electron chi connectivity index (χ2n) is 5.51. The molecule has 4 heteroatoms. The van der Waals surface area contributed by atoms with Gasteiger partial charge in [-0.25, -0.2) is 0 Å². The molecular weight excluding hydrogens is 274 g/mol. The Labute approximate surface area is 133 Å². The molecule has 0 bridgehead atoms. The normalized spacial score (nSPS) is 15.3. The van der Waals surface area contributed by atoms with Crippen molar-refractivity contribution in [3.05, 3.63) is 48.5 Å². The summed E-state index contributed by atoms with van der Waals surface area (Å²) in [5, 5.41) is 6.66. The maximum absolute atomic E-state index is 5.32. The third-order valence-electron chi connectivity index (χ3n) is 3.75. The van der Waals surface area contributed by atoms with Crippen LogP contribution in [0.1, 0.15) is 37.9 Å². The fraction of sp³-hybridized carbons (Fsp3) is 0.500. The molecule has 1 aromatic heterocycles. The van der Waals surface area contributed by atoms with Crippen LogP contribution in [0.3, 0.4) is 0 Å². The average Bonchev–Trinajstić information content (AvgIpc) is 3.06. The largest absolute Gasteiger partial charge is 0.469 e. The van der Waals surface area contributed by atoms with E-state index >= 15 is 0 Å². The minimum Gasteiger partial charge on any atom is -0.469 e. The molecule has 0 amide bonds. The highest BCUT2D eigenvalue weighted by Gasteiger charge is 2.04. The Morgan fingerprint density at radius 3 is 3.00 bits per heavy atom. The Hall–Kier alpha value is -1.97. The fourth-order valence-corrected chi connectivity index (χ4v) is 2.55. The SMILES string of the molecule is C=CCNC(=NCCc1ccco1)NCCC1=CCCCC1. The predicted octanol–water partition coefficient (Wildman–Crippen LogP) is 3.43. The Morgan fingerprint density at radius 2 is 2.27 bits per heavy atom. The van der Waals surface area contributed by atoms with Crippen molar-refractivity contribution in [2.45, 2.75) is 38.5 Å². The van der Waals surface area contributed by atoms with E-state index < -0.39 is 0 Å². The van der Waals surface area contributed by atoms with Gasteiger partial charge in [-0.1, -0.05) is 17.7 Å². The lowest BCUT2D eigenvalue weighted by Crippen LogP contribution is -2.38. The summed E-state index contributed by atoms with van der Waals surface area (Å²) in [4.78, 5) is 4.59. The van der Waals surface area contributed by atoms with Gasteiger partial charge in [-0.15, -0.1) is 6.58 Å². The average molecular weight is 301 g/mol. The van der Waals surface area contributed by atoms with Gasteiger partial charge in [0.05, 0.1) is 6.26 Å². The lowest BCUT2D eigenvalue weighted by molar-refractivity contribution is 0.510. The molecule has 0 aromatic carbocycles. The van der Waals surface area contributed by atoms with Crippen LogP contribution >= 0.6 is 0 Å². The fourth-order valence-electron chi connectivity index (χ4n) is 2.55. The molecule has 0 unspecified atom stereocenters. The Kier molecular flexibility index (Phi) is 7.36. The van der Waals surface area contributed by atoms with E-state index in [1.165, 1.54) is 25.7 Å². The first-order chi connectivity index (χ1) is 10.9. The highest BCUT2D eigenvalue weighted by Crippen LogP contribution is 2.19. The maximum atomic E-state index is 5.32. The van der Waals surface area contributed by atoms with Gasteiger partial charge < -0.3 is 15.1 Å². The second kappa shape index (κ2) is 9.87. The van der Waals surface area contributed by atoms with Gasteiger partial charge in [0.15, 0.2) is 5.96 Å². The second-order valence-corrected chi connectivity index (χ2v) is 5.51. The van der Waals surface area contributed by atoms with E-state index in [-0.39, 0.29) is 0 Å². The molecule has 1 heterocycles. The number of rotatable bonds is 8. The standard InChI is InChI=1S/C18H27N3O/c1-2-12-19-18(21-14-11-17-9-6-15-22-17)20-13-10-16-7-4-3-5-8-16/h2,6-7,9,15H,1,3-5,8,10-14H2,(H2,19,20,21). The molecule has 2 N–H and O–H groups in total. The molecule has 0 radical (unpaired) electrons. The monoisotopic (exact) mass is 301 g/mol. The van der Waals surface area contributed by atoms with Gasteiger partial charge >= 0.3 is 0 Å².